The molecule has 110 valence electrons. The van der Waals surface area contributed by atoms with Crippen LogP contribution in [-0.2, 0) is 4.79 Å². The zero-order valence-corrected chi connectivity index (χ0v) is 12.3. The molecule has 0 spiro atoms. The summed E-state index contributed by atoms with van der Waals surface area (Å²) in [6.45, 7) is 3.64. The molecule has 0 aliphatic carbocycles. The molecule has 2 N–H and O–H groups in total. The van der Waals surface area contributed by atoms with E-state index in [1.54, 1.807) is 7.11 Å². The van der Waals surface area contributed by atoms with Crippen LogP contribution in [0, 0.1) is 0 Å². The summed E-state index contributed by atoms with van der Waals surface area (Å²) in [6.07, 6.45) is 2.58. The van der Waals surface area contributed by atoms with E-state index >= 15 is 0 Å². The maximum absolute atomic E-state index is 12.3. The van der Waals surface area contributed by atoms with Crippen LogP contribution in [0.25, 0.3) is 0 Å². The average Bonchev–Trinajstić information content (AvgIpc) is 2.47. The summed E-state index contributed by atoms with van der Waals surface area (Å²) < 4.78 is 5.15. The third kappa shape index (κ3) is 3.73. The highest BCUT2D eigenvalue weighted by atomic mass is 16.5. The predicted molar refractivity (Wildman–Crippen MR) is 79.8 cm³/mol. The van der Waals surface area contributed by atoms with Crippen molar-refractivity contribution >= 4 is 5.91 Å². The van der Waals surface area contributed by atoms with Crippen LogP contribution < -0.4 is 10.5 Å². The number of carbonyl (C=O) groups is 1. The van der Waals surface area contributed by atoms with Crippen LogP contribution in [0.2, 0.25) is 0 Å². The van der Waals surface area contributed by atoms with Gasteiger partial charge in [0.2, 0.25) is 5.91 Å². The Morgan fingerprint density at radius 2 is 2.15 bits per heavy atom. The quantitative estimate of drug-likeness (QED) is 0.916. The number of benzene rings is 1. The first-order chi connectivity index (χ1) is 9.60. The summed E-state index contributed by atoms with van der Waals surface area (Å²) in [5.41, 5.74) is 7.10. The minimum atomic E-state index is 0.143. The van der Waals surface area contributed by atoms with Crippen molar-refractivity contribution in [2.45, 2.75) is 38.1 Å². The topological polar surface area (TPSA) is 55.6 Å². The molecular weight excluding hydrogens is 252 g/mol. The van der Waals surface area contributed by atoms with Crippen LogP contribution in [0.15, 0.2) is 24.3 Å². The monoisotopic (exact) mass is 276 g/mol. The molecule has 1 aliphatic heterocycles. The molecule has 0 bridgehead atoms. The standard InChI is InChI=1S/C16H24N2O2/c1-12(13-5-7-15(20-2)8-6-13)10-16(19)18-9-3-4-14(17)11-18/h5-8,12,14H,3-4,9-11,17H2,1-2H3. The molecule has 1 fully saturated rings. The molecule has 20 heavy (non-hydrogen) atoms. The average molecular weight is 276 g/mol. The van der Waals surface area contributed by atoms with Crippen LogP contribution >= 0.6 is 0 Å². The van der Waals surface area contributed by atoms with E-state index in [1.165, 1.54) is 5.56 Å². The molecule has 2 atom stereocenters. The van der Waals surface area contributed by atoms with Crippen molar-refractivity contribution in [2.24, 2.45) is 5.73 Å². The fourth-order valence-electron chi connectivity index (χ4n) is 2.68. The lowest BCUT2D eigenvalue weighted by atomic mass is 9.96. The Bertz CT molecular complexity index is 444. The van der Waals surface area contributed by atoms with Crippen molar-refractivity contribution in [3.63, 3.8) is 0 Å². The second kappa shape index (κ2) is 6.75. The van der Waals surface area contributed by atoms with Gasteiger partial charge in [0.1, 0.15) is 5.75 Å². The normalized spacial score (nSPS) is 20.6. The highest BCUT2D eigenvalue weighted by molar-refractivity contribution is 5.77. The van der Waals surface area contributed by atoms with Gasteiger partial charge in [0.05, 0.1) is 7.11 Å². The Morgan fingerprint density at radius 1 is 1.45 bits per heavy atom. The van der Waals surface area contributed by atoms with Crippen molar-refractivity contribution in [1.82, 2.24) is 4.90 Å². The number of hydrogen-bond donors (Lipinski definition) is 1. The first-order valence-electron chi connectivity index (χ1n) is 7.27. The molecule has 0 saturated carbocycles. The summed E-state index contributed by atoms with van der Waals surface area (Å²) >= 11 is 0. The first-order valence-corrected chi connectivity index (χ1v) is 7.27. The number of piperidine rings is 1. The molecule has 2 rings (SSSR count). The smallest absolute Gasteiger partial charge is 0.223 e. The lowest BCUT2D eigenvalue weighted by Gasteiger charge is -2.31. The van der Waals surface area contributed by atoms with E-state index in [1.807, 2.05) is 29.2 Å². The second-order valence-corrected chi connectivity index (χ2v) is 5.62. The van der Waals surface area contributed by atoms with Crippen molar-refractivity contribution in [3.8, 4) is 5.75 Å². The molecule has 1 aromatic rings. The van der Waals surface area contributed by atoms with Gasteiger partial charge in [-0.15, -0.1) is 0 Å². The maximum Gasteiger partial charge on any atom is 0.223 e. The number of methoxy groups -OCH3 is 1. The van der Waals surface area contributed by atoms with E-state index in [-0.39, 0.29) is 17.9 Å². The van der Waals surface area contributed by atoms with Gasteiger partial charge in [0.25, 0.3) is 0 Å². The fraction of sp³-hybridized carbons (Fsp3) is 0.562. The second-order valence-electron chi connectivity index (χ2n) is 5.62. The van der Waals surface area contributed by atoms with Gasteiger partial charge in [-0.3, -0.25) is 4.79 Å². The molecule has 1 aromatic carbocycles. The summed E-state index contributed by atoms with van der Waals surface area (Å²) in [4.78, 5) is 14.2. The molecule has 1 amide bonds. The number of likely N-dealkylation sites (tertiary alicyclic amines) is 1. The molecule has 4 heteroatoms. The van der Waals surface area contributed by atoms with Gasteiger partial charge >= 0.3 is 0 Å². The molecule has 4 nitrogen and oxygen atoms in total. The highest BCUT2D eigenvalue weighted by Crippen LogP contribution is 2.23. The van der Waals surface area contributed by atoms with E-state index in [0.717, 1.165) is 25.1 Å². The minimum Gasteiger partial charge on any atom is -0.497 e. The lowest BCUT2D eigenvalue weighted by Crippen LogP contribution is -2.45. The molecule has 0 radical (unpaired) electrons. The van der Waals surface area contributed by atoms with Gasteiger partial charge < -0.3 is 15.4 Å². The van der Waals surface area contributed by atoms with Crippen LogP contribution in [-0.4, -0.2) is 37.0 Å². The Balaban J connectivity index is 1.92. The highest BCUT2D eigenvalue weighted by Gasteiger charge is 2.22. The summed E-state index contributed by atoms with van der Waals surface area (Å²) in [7, 11) is 1.65. The molecule has 0 aromatic heterocycles. The van der Waals surface area contributed by atoms with Crippen molar-refractivity contribution in [1.29, 1.82) is 0 Å². The number of rotatable bonds is 4. The van der Waals surface area contributed by atoms with Gasteiger partial charge in [-0.2, -0.15) is 0 Å². The molecular formula is C16H24N2O2. The van der Waals surface area contributed by atoms with E-state index in [2.05, 4.69) is 6.92 Å². The number of nitrogens with two attached hydrogens (primary N) is 1. The lowest BCUT2D eigenvalue weighted by molar-refractivity contribution is -0.132. The van der Waals surface area contributed by atoms with E-state index in [0.29, 0.717) is 13.0 Å². The Labute approximate surface area is 120 Å². The van der Waals surface area contributed by atoms with Crippen molar-refractivity contribution < 1.29 is 9.53 Å². The minimum absolute atomic E-state index is 0.143. The van der Waals surface area contributed by atoms with Crippen LogP contribution in [0.1, 0.15) is 37.7 Å². The Kier molecular flexibility index (Phi) is 5.01. The van der Waals surface area contributed by atoms with Crippen LogP contribution in [0.5, 0.6) is 5.75 Å². The van der Waals surface area contributed by atoms with Crippen molar-refractivity contribution in [2.75, 3.05) is 20.2 Å². The SMILES string of the molecule is COc1ccc(C(C)CC(=O)N2CCCC(N)C2)cc1. The Morgan fingerprint density at radius 3 is 2.75 bits per heavy atom. The van der Waals surface area contributed by atoms with Crippen LogP contribution in [0.4, 0.5) is 0 Å². The van der Waals surface area contributed by atoms with Gasteiger partial charge in [0, 0.05) is 25.6 Å². The zero-order valence-electron chi connectivity index (χ0n) is 12.3. The number of hydrogen-bond acceptors (Lipinski definition) is 3. The number of ether oxygens (including phenoxy) is 1. The Hall–Kier alpha value is -1.55. The number of carbonyl (C=O) groups excluding carboxylic acids is 1. The van der Waals surface area contributed by atoms with E-state index < -0.39 is 0 Å². The predicted octanol–water partition coefficient (Wildman–Crippen LogP) is 2.14. The van der Waals surface area contributed by atoms with E-state index in [4.69, 9.17) is 10.5 Å². The maximum atomic E-state index is 12.3. The van der Waals surface area contributed by atoms with Gasteiger partial charge in [-0.05, 0) is 36.5 Å². The number of nitrogens with zero attached hydrogens (tertiary/aromatic N) is 1. The summed E-state index contributed by atoms with van der Waals surface area (Å²) in [5.74, 6) is 1.27. The fourth-order valence-corrected chi connectivity index (χ4v) is 2.68. The van der Waals surface area contributed by atoms with E-state index in [9.17, 15) is 4.79 Å². The van der Waals surface area contributed by atoms with Crippen LogP contribution in [0.3, 0.4) is 0 Å². The van der Waals surface area contributed by atoms with Crippen molar-refractivity contribution in [3.05, 3.63) is 29.8 Å². The molecule has 2 unspecified atom stereocenters. The van der Waals surface area contributed by atoms with Gasteiger partial charge in [-0.1, -0.05) is 19.1 Å². The van der Waals surface area contributed by atoms with Gasteiger partial charge in [0.15, 0.2) is 0 Å². The largest absolute Gasteiger partial charge is 0.497 e. The third-order valence-electron chi connectivity index (χ3n) is 3.98. The number of amides is 1. The first kappa shape index (κ1) is 14.9. The zero-order chi connectivity index (χ0) is 14.5. The molecule has 1 heterocycles. The third-order valence-corrected chi connectivity index (χ3v) is 3.98. The summed E-state index contributed by atoms with van der Waals surface area (Å²) in [6, 6.07) is 8.07. The molecule has 1 saturated heterocycles. The summed E-state index contributed by atoms with van der Waals surface area (Å²) in [5, 5.41) is 0. The van der Waals surface area contributed by atoms with Gasteiger partial charge in [-0.25, -0.2) is 0 Å². The molecule has 1 aliphatic rings.